The van der Waals surface area contributed by atoms with E-state index in [4.69, 9.17) is 0 Å². The summed E-state index contributed by atoms with van der Waals surface area (Å²) >= 11 is 1.68. The maximum atomic E-state index is 13.8. The van der Waals surface area contributed by atoms with Crippen molar-refractivity contribution in [3.63, 3.8) is 0 Å². The van der Waals surface area contributed by atoms with E-state index in [2.05, 4.69) is 18.6 Å². The topological polar surface area (TPSA) is 26.3 Å². The van der Waals surface area contributed by atoms with Gasteiger partial charge in [0.1, 0.15) is 0 Å². The summed E-state index contributed by atoms with van der Waals surface area (Å²) in [5.74, 6) is 0.439. The first-order valence-electron chi connectivity index (χ1n) is 8.87. The zero-order chi connectivity index (χ0) is 20.5. The van der Waals surface area contributed by atoms with Crippen LogP contribution in [0.4, 0.5) is 13.2 Å². The standard InChI is InChI=1S/C22H21F3O2S/c1-21(2)10-11-28-19-9-8-16(13-18(19)21)17(22(23,24)25)12-14-4-6-15(7-5-14)20(26)27-3/h4-9,12-13H,10-11H2,1-3H3/b17-12-. The number of ether oxygens (including phenoxy) is 1. The molecule has 0 aliphatic carbocycles. The third-order valence-electron chi connectivity index (χ3n) is 4.95. The molecule has 0 fully saturated rings. The van der Waals surface area contributed by atoms with Crippen LogP contribution in [-0.4, -0.2) is 25.0 Å². The molecular formula is C22H21F3O2S. The Balaban J connectivity index is 2.05. The van der Waals surface area contributed by atoms with Gasteiger partial charge in [-0.05, 0) is 64.6 Å². The van der Waals surface area contributed by atoms with E-state index < -0.39 is 17.7 Å². The molecule has 0 atom stereocenters. The number of carbonyl (C=O) groups excluding carboxylic acids is 1. The molecule has 1 heterocycles. The van der Waals surface area contributed by atoms with Gasteiger partial charge in [-0.25, -0.2) is 4.79 Å². The lowest BCUT2D eigenvalue weighted by Gasteiger charge is -2.32. The fraction of sp³-hybridized carbons (Fsp3) is 0.318. The van der Waals surface area contributed by atoms with Crippen molar-refractivity contribution in [2.24, 2.45) is 0 Å². The van der Waals surface area contributed by atoms with Crippen molar-refractivity contribution in [3.05, 3.63) is 64.7 Å². The smallest absolute Gasteiger partial charge is 0.417 e. The van der Waals surface area contributed by atoms with Crippen LogP contribution in [0.5, 0.6) is 0 Å². The van der Waals surface area contributed by atoms with E-state index in [1.807, 2.05) is 0 Å². The van der Waals surface area contributed by atoms with Gasteiger partial charge in [0, 0.05) is 4.90 Å². The lowest BCUT2D eigenvalue weighted by molar-refractivity contribution is -0.0683. The Morgan fingerprint density at radius 2 is 1.75 bits per heavy atom. The summed E-state index contributed by atoms with van der Waals surface area (Å²) in [7, 11) is 1.26. The normalized spacial score (nSPS) is 16.4. The van der Waals surface area contributed by atoms with Crippen LogP contribution in [0.25, 0.3) is 11.6 Å². The second-order valence-corrected chi connectivity index (χ2v) is 8.50. The second kappa shape index (κ2) is 7.66. The molecule has 0 saturated carbocycles. The van der Waals surface area contributed by atoms with Crippen molar-refractivity contribution in [1.29, 1.82) is 0 Å². The molecule has 2 aromatic carbocycles. The van der Waals surface area contributed by atoms with E-state index in [1.165, 1.54) is 37.4 Å². The summed E-state index contributed by atoms with van der Waals surface area (Å²) in [4.78, 5) is 12.6. The van der Waals surface area contributed by atoms with Crippen LogP contribution in [0.2, 0.25) is 0 Å². The van der Waals surface area contributed by atoms with Crippen LogP contribution in [-0.2, 0) is 10.2 Å². The Labute approximate surface area is 166 Å². The Morgan fingerprint density at radius 1 is 1.11 bits per heavy atom. The number of hydrogen-bond acceptors (Lipinski definition) is 3. The maximum Gasteiger partial charge on any atom is 0.417 e. The molecule has 0 N–H and O–H groups in total. The minimum absolute atomic E-state index is 0.152. The monoisotopic (exact) mass is 406 g/mol. The minimum atomic E-state index is -4.50. The lowest BCUT2D eigenvalue weighted by Crippen LogP contribution is -2.23. The van der Waals surface area contributed by atoms with Crippen LogP contribution in [0.3, 0.4) is 0 Å². The predicted molar refractivity (Wildman–Crippen MR) is 107 cm³/mol. The van der Waals surface area contributed by atoms with Gasteiger partial charge in [0.05, 0.1) is 18.2 Å². The predicted octanol–water partition coefficient (Wildman–Crippen LogP) is 6.35. The van der Waals surface area contributed by atoms with E-state index in [-0.39, 0.29) is 11.0 Å². The maximum absolute atomic E-state index is 13.8. The Hall–Kier alpha value is -2.21. The molecule has 0 spiro atoms. The van der Waals surface area contributed by atoms with Crippen LogP contribution < -0.4 is 0 Å². The molecule has 2 nitrogen and oxygen atoms in total. The fourth-order valence-corrected chi connectivity index (χ4v) is 4.72. The van der Waals surface area contributed by atoms with Crippen LogP contribution in [0, 0.1) is 0 Å². The first-order valence-corrected chi connectivity index (χ1v) is 9.85. The molecule has 6 heteroatoms. The second-order valence-electron chi connectivity index (χ2n) is 7.36. The Bertz CT molecular complexity index is 912. The molecule has 2 aromatic rings. The van der Waals surface area contributed by atoms with E-state index in [1.54, 1.807) is 23.9 Å². The van der Waals surface area contributed by atoms with E-state index in [9.17, 15) is 18.0 Å². The molecule has 0 radical (unpaired) electrons. The van der Waals surface area contributed by atoms with Crippen LogP contribution >= 0.6 is 11.8 Å². The molecule has 1 aliphatic heterocycles. The summed E-state index contributed by atoms with van der Waals surface area (Å²) in [6, 6.07) is 10.9. The number of thioether (sulfide) groups is 1. The number of allylic oxidation sites excluding steroid dienone is 1. The molecule has 0 unspecified atom stereocenters. The number of hydrogen-bond donors (Lipinski definition) is 0. The summed E-state index contributed by atoms with van der Waals surface area (Å²) < 4.78 is 46.1. The molecule has 0 saturated heterocycles. The van der Waals surface area contributed by atoms with E-state index in [0.29, 0.717) is 11.1 Å². The van der Waals surface area contributed by atoms with Crippen LogP contribution in [0.15, 0.2) is 47.4 Å². The van der Waals surface area contributed by atoms with Gasteiger partial charge in [-0.1, -0.05) is 32.0 Å². The molecule has 0 bridgehead atoms. The molecule has 148 valence electrons. The lowest BCUT2D eigenvalue weighted by atomic mass is 9.80. The SMILES string of the molecule is COC(=O)c1ccc(/C=C(/c2ccc3c(c2)C(C)(C)CCS3)C(F)(F)F)cc1. The number of fused-ring (bicyclic) bond motifs is 1. The van der Waals surface area contributed by atoms with Gasteiger partial charge in [0.15, 0.2) is 0 Å². The highest BCUT2D eigenvalue weighted by Crippen LogP contribution is 2.44. The van der Waals surface area contributed by atoms with Gasteiger partial charge in [-0.2, -0.15) is 13.2 Å². The largest absolute Gasteiger partial charge is 0.465 e. The Morgan fingerprint density at radius 3 is 2.36 bits per heavy atom. The minimum Gasteiger partial charge on any atom is -0.465 e. The summed E-state index contributed by atoms with van der Waals surface area (Å²) in [5, 5.41) is 0. The number of alkyl halides is 3. The quantitative estimate of drug-likeness (QED) is 0.439. The number of esters is 1. The van der Waals surface area contributed by atoms with Gasteiger partial charge in [0.2, 0.25) is 0 Å². The average Bonchev–Trinajstić information content (AvgIpc) is 2.65. The fourth-order valence-electron chi connectivity index (χ4n) is 3.23. The molecule has 3 rings (SSSR count). The van der Waals surface area contributed by atoms with E-state index in [0.717, 1.165) is 28.7 Å². The summed E-state index contributed by atoms with van der Waals surface area (Å²) in [6.07, 6.45) is -2.46. The Kier molecular flexibility index (Phi) is 5.62. The molecule has 0 aromatic heterocycles. The highest BCUT2D eigenvalue weighted by Gasteiger charge is 2.36. The zero-order valence-corrected chi connectivity index (χ0v) is 16.7. The van der Waals surface area contributed by atoms with Gasteiger partial charge >= 0.3 is 12.1 Å². The number of rotatable bonds is 3. The van der Waals surface area contributed by atoms with Gasteiger partial charge in [-0.15, -0.1) is 11.8 Å². The number of carbonyl (C=O) groups is 1. The first kappa shape index (κ1) is 20.5. The van der Waals surface area contributed by atoms with Crippen molar-refractivity contribution in [3.8, 4) is 0 Å². The summed E-state index contributed by atoms with van der Waals surface area (Å²) in [6.45, 7) is 4.13. The third-order valence-corrected chi connectivity index (χ3v) is 6.03. The highest BCUT2D eigenvalue weighted by atomic mass is 32.2. The van der Waals surface area contributed by atoms with Crippen LogP contribution in [0.1, 0.15) is 47.3 Å². The zero-order valence-electron chi connectivity index (χ0n) is 15.9. The molecule has 0 amide bonds. The number of benzene rings is 2. The average molecular weight is 406 g/mol. The van der Waals surface area contributed by atoms with Crippen molar-refractivity contribution in [2.75, 3.05) is 12.9 Å². The molecule has 1 aliphatic rings. The van der Waals surface area contributed by atoms with Gasteiger partial charge in [-0.3, -0.25) is 0 Å². The number of halogens is 3. The van der Waals surface area contributed by atoms with Crippen molar-refractivity contribution >= 4 is 29.4 Å². The highest BCUT2D eigenvalue weighted by molar-refractivity contribution is 7.99. The molecule has 28 heavy (non-hydrogen) atoms. The molecular weight excluding hydrogens is 385 g/mol. The van der Waals surface area contributed by atoms with Gasteiger partial charge in [0.25, 0.3) is 0 Å². The first-order chi connectivity index (χ1) is 13.1. The van der Waals surface area contributed by atoms with Crippen molar-refractivity contribution in [2.45, 2.75) is 36.8 Å². The number of methoxy groups -OCH3 is 1. The third kappa shape index (κ3) is 4.27. The summed E-state index contributed by atoms with van der Waals surface area (Å²) in [5.41, 5.74) is 0.908. The van der Waals surface area contributed by atoms with Gasteiger partial charge < -0.3 is 4.74 Å². The van der Waals surface area contributed by atoms with Crippen molar-refractivity contribution < 1.29 is 22.7 Å². The van der Waals surface area contributed by atoms with Crippen molar-refractivity contribution in [1.82, 2.24) is 0 Å². The van der Waals surface area contributed by atoms with E-state index >= 15 is 0 Å².